The maximum atomic E-state index is 11.4. The maximum Gasteiger partial charge on any atom is 0.305 e. The van der Waals surface area contributed by atoms with Crippen LogP contribution in [0.15, 0.2) is 47.5 Å². The quantitative estimate of drug-likeness (QED) is 0.105. The maximum absolute atomic E-state index is 11.4. The lowest BCUT2D eigenvalue weighted by molar-refractivity contribution is -0.138. The number of nitrogens with one attached hydrogen (secondary N) is 2. The molecule has 186 valence electrons. The molecule has 0 fully saturated rings. The van der Waals surface area contributed by atoms with Gasteiger partial charge in [-0.3, -0.25) is 14.5 Å². The van der Waals surface area contributed by atoms with Crippen LogP contribution in [0, 0.1) is 0 Å². The fraction of sp³-hybridized carbons (Fsp3) is 0.391. The van der Waals surface area contributed by atoms with Gasteiger partial charge in [0.1, 0.15) is 11.5 Å². The van der Waals surface area contributed by atoms with E-state index in [0.29, 0.717) is 49.1 Å². The van der Waals surface area contributed by atoms with Gasteiger partial charge in [0.25, 0.3) is 0 Å². The molecule has 0 aliphatic carbocycles. The van der Waals surface area contributed by atoms with Crippen LogP contribution in [0.1, 0.15) is 37.4 Å². The van der Waals surface area contributed by atoms with Gasteiger partial charge in [0.2, 0.25) is 0 Å². The van der Waals surface area contributed by atoms with Crippen LogP contribution in [0.25, 0.3) is 0 Å². The third-order valence-corrected chi connectivity index (χ3v) is 4.35. The molecule has 0 amide bonds. The predicted molar refractivity (Wildman–Crippen MR) is 128 cm³/mol. The average Bonchev–Trinajstić information content (AvgIpc) is 2.77. The summed E-state index contributed by atoms with van der Waals surface area (Å²) in [5, 5.41) is 9.33. The summed E-state index contributed by atoms with van der Waals surface area (Å²) in [6.45, 7) is 5.60. The lowest BCUT2D eigenvalue weighted by Crippen LogP contribution is -2.28. The average molecular weight is 476 g/mol. The Hall–Kier alpha value is -3.38. The van der Waals surface area contributed by atoms with E-state index in [1.165, 1.54) is 0 Å². The van der Waals surface area contributed by atoms with Crippen LogP contribution >= 0.6 is 0 Å². The Morgan fingerprint density at radius 2 is 1.76 bits per heavy atom. The summed E-state index contributed by atoms with van der Waals surface area (Å²) in [5.74, 6) is 0.213. The summed E-state index contributed by atoms with van der Waals surface area (Å²) < 4.78 is 11.2. The molecule has 7 N–H and O–H groups in total. The first-order valence-corrected chi connectivity index (χ1v) is 10.9. The summed E-state index contributed by atoms with van der Waals surface area (Å²) in [6, 6.07) is 12.0. The molecule has 0 bridgehead atoms. The van der Waals surface area contributed by atoms with Crippen LogP contribution in [0.4, 0.5) is 5.69 Å². The molecule has 34 heavy (non-hydrogen) atoms. The van der Waals surface area contributed by atoms with E-state index >= 15 is 0 Å². The number of ether oxygens (including phenoxy) is 2. The lowest BCUT2D eigenvalue weighted by Gasteiger charge is -2.19. The van der Waals surface area contributed by atoms with Crippen LogP contribution in [-0.2, 0) is 21.1 Å². The fourth-order valence-corrected chi connectivity index (χ4v) is 3.02. The molecular formula is C23H33N5O6. The van der Waals surface area contributed by atoms with Crippen molar-refractivity contribution >= 4 is 17.6 Å². The van der Waals surface area contributed by atoms with Crippen molar-refractivity contribution in [3.63, 3.8) is 0 Å². The summed E-state index contributed by atoms with van der Waals surface area (Å²) in [6.07, 6.45) is -0.183. The number of hydroxylamine groups is 2. The van der Waals surface area contributed by atoms with Gasteiger partial charge in [-0.25, -0.2) is 4.99 Å². The van der Waals surface area contributed by atoms with Crippen molar-refractivity contribution < 1.29 is 29.0 Å². The molecule has 0 saturated heterocycles. The predicted octanol–water partition coefficient (Wildman–Crippen LogP) is 2.15. The topological polar surface area (TPSA) is 163 Å². The van der Waals surface area contributed by atoms with E-state index in [1.807, 2.05) is 32.0 Å². The molecule has 11 heteroatoms. The van der Waals surface area contributed by atoms with Crippen molar-refractivity contribution in [2.45, 2.75) is 32.9 Å². The van der Waals surface area contributed by atoms with Gasteiger partial charge in [-0.1, -0.05) is 12.1 Å². The van der Waals surface area contributed by atoms with E-state index < -0.39 is 12.0 Å². The minimum Gasteiger partial charge on any atom is -0.494 e. The molecule has 0 aromatic heterocycles. The fourth-order valence-electron chi connectivity index (χ4n) is 3.02. The molecule has 2 rings (SSSR count). The van der Waals surface area contributed by atoms with Crippen LogP contribution in [0.5, 0.6) is 11.5 Å². The summed E-state index contributed by atoms with van der Waals surface area (Å²) in [5.41, 5.74) is 18.6. The van der Waals surface area contributed by atoms with Crippen molar-refractivity contribution in [1.82, 2.24) is 11.0 Å². The number of hydrogen-bond acceptors (Lipinski definition) is 8. The molecule has 0 saturated carbocycles. The van der Waals surface area contributed by atoms with Crippen molar-refractivity contribution in [1.29, 1.82) is 0 Å². The van der Waals surface area contributed by atoms with Crippen LogP contribution in [-0.4, -0.2) is 43.4 Å². The molecule has 2 aromatic rings. The van der Waals surface area contributed by atoms with Gasteiger partial charge < -0.3 is 26.0 Å². The van der Waals surface area contributed by atoms with E-state index in [-0.39, 0.29) is 19.0 Å². The van der Waals surface area contributed by atoms with Gasteiger partial charge in [0.15, 0.2) is 5.96 Å². The van der Waals surface area contributed by atoms with Crippen LogP contribution in [0.2, 0.25) is 0 Å². The second-order valence-electron chi connectivity index (χ2n) is 7.11. The zero-order valence-corrected chi connectivity index (χ0v) is 19.5. The van der Waals surface area contributed by atoms with E-state index in [2.05, 4.69) is 16.0 Å². The number of guanidine groups is 1. The summed E-state index contributed by atoms with van der Waals surface area (Å²) >= 11 is 0. The zero-order chi connectivity index (χ0) is 24.8. The van der Waals surface area contributed by atoms with E-state index in [1.54, 1.807) is 24.3 Å². The molecular weight excluding hydrogens is 442 g/mol. The minimum atomic E-state index is -0.967. The number of nitrogens with zero attached hydrogens (tertiary/aromatic N) is 1. The first-order chi connectivity index (χ1) is 16.4. The van der Waals surface area contributed by atoms with E-state index in [4.69, 9.17) is 30.6 Å². The Morgan fingerprint density at radius 3 is 2.38 bits per heavy atom. The Morgan fingerprint density at radius 1 is 1.06 bits per heavy atom. The van der Waals surface area contributed by atoms with Crippen LogP contribution < -0.4 is 31.9 Å². The molecule has 1 unspecified atom stereocenters. The monoisotopic (exact) mass is 475 g/mol. The molecule has 2 aromatic carbocycles. The molecule has 11 nitrogen and oxygen atoms in total. The van der Waals surface area contributed by atoms with Gasteiger partial charge in [-0.2, -0.15) is 11.0 Å². The number of carboxylic acid groups (broad SMARTS) is 1. The third-order valence-electron chi connectivity index (χ3n) is 4.35. The van der Waals surface area contributed by atoms with Crippen molar-refractivity contribution in [2.75, 3.05) is 26.4 Å². The number of hydrogen-bond donors (Lipinski definition) is 5. The smallest absolute Gasteiger partial charge is 0.305 e. The van der Waals surface area contributed by atoms with Gasteiger partial charge >= 0.3 is 5.97 Å². The molecule has 0 aliphatic heterocycles. The molecule has 0 radical (unpaired) electrons. The van der Waals surface area contributed by atoms with E-state index in [0.717, 1.165) is 5.56 Å². The van der Waals surface area contributed by atoms with Gasteiger partial charge in [0, 0.05) is 12.6 Å². The second-order valence-corrected chi connectivity index (χ2v) is 7.11. The Kier molecular flexibility index (Phi) is 11.6. The van der Waals surface area contributed by atoms with Gasteiger partial charge in [-0.15, -0.1) is 0 Å². The number of carboxylic acids is 1. The first kappa shape index (κ1) is 26.9. The minimum absolute atomic E-state index is 0.0132. The number of aliphatic imine (C=N–C) groups is 1. The Bertz CT molecular complexity index is 912. The Balaban J connectivity index is 1.84. The summed E-state index contributed by atoms with van der Waals surface area (Å²) in [7, 11) is 0. The third kappa shape index (κ3) is 10.0. The lowest BCUT2D eigenvalue weighted by atomic mass is 10.0. The van der Waals surface area contributed by atoms with Crippen LogP contribution in [0.3, 0.4) is 0 Å². The second kappa shape index (κ2) is 14.7. The zero-order valence-electron chi connectivity index (χ0n) is 19.5. The SMILES string of the molecule is CCOc1cc(OCC)cc(C(CC(=O)O)NOCCNOCc2cccc(N=C(N)N)c2)c1. The molecule has 1 atom stereocenters. The molecule has 0 aliphatic rings. The molecule has 0 heterocycles. The van der Waals surface area contributed by atoms with Gasteiger partial charge in [-0.05, 0) is 49.2 Å². The normalized spacial score (nSPS) is 11.6. The Labute approximate surface area is 198 Å². The number of carbonyl (C=O) groups is 1. The van der Waals surface area contributed by atoms with Crippen molar-refractivity contribution in [3.8, 4) is 11.5 Å². The summed E-state index contributed by atoms with van der Waals surface area (Å²) in [4.78, 5) is 26.3. The highest BCUT2D eigenvalue weighted by atomic mass is 16.7. The van der Waals surface area contributed by atoms with E-state index in [9.17, 15) is 9.90 Å². The molecule has 0 spiro atoms. The largest absolute Gasteiger partial charge is 0.494 e. The number of nitrogens with two attached hydrogens (primary N) is 2. The number of benzene rings is 2. The number of aliphatic carboxylic acids is 1. The first-order valence-electron chi connectivity index (χ1n) is 10.9. The highest BCUT2D eigenvalue weighted by Crippen LogP contribution is 2.28. The van der Waals surface area contributed by atoms with Crippen molar-refractivity contribution in [2.24, 2.45) is 16.5 Å². The highest BCUT2D eigenvalue weighted by molar-refractivity contribution is 5.79. The van der Waals surface area contributed by atoms with Gasteiger partial charge in [0.05, 0.1) is 44.6 Å². The standard InChI is InChI=1S/C23H33N5O6/c1-3-31-19-11-17(12-20(13-19)32-4-2)21(14-22(29)30)28-33-9-8-26-34-15-16-6-5-7-18(10-16)27-23(24)25/h5-7,10-13,21,26,28H,3-4,8-9,14-15H2,1-2H3,(H,29,30)(H4,24,25,27). The highest BCUT2D eigenvalue weighted by Gasteiger charge is 2.18. The van der Waals surface area contributed by atoms with Crippen molar-refractivity contribution in [3.05, 3.63) is 53.6 Å². The number of rotatable bonds is 16.